The fourth-order valence-electron chi connectivity index (χ4n) is 2.71. The van der Waals surface area contributed by atoms with Crippen LogP contribution in [0, 0.1) is 5.41 Å². The van der Waals surface area contributed by atoms with Gasteiger partial charge in [-0.05, 0) is 31.5 Å². The maximum atomic E-state index is 12.5. The number of primary amides is 1. The SMILES string of the molecule is CC1(C(N)=O)CCN(C(=O)c2cc(-c3ccc(Cl)cc3)n[nH]2)C1. The Morgan fingerprint density at radius 1 is 1.35 bits per heavy atom. The average molecular weight is 333 g/mol. The summed E-state index contributed by atoms with van der Waals surface area (Å²) in [5.74, 6) is -0.554. The van der Waals surface area contributed by atoms with Gasteiger partial charge in [0.2, 0.25) is 5.91 Å². The maximum Gasteiger partial charge on any atom is 0.271 e. The fourth-order valence-corrected chi connectivity index (χ4v) is 2.83. The van der Waals surface area contributed by atoms with Crippen molar-refractivity contribution in [2.24, 2.45) is 11.1 Å². The Morgan fingerprint density at radius 3 is 2.65 bits per heavy atom. The van der Waals surface area contributed by atoms with Crippen LogP contribution in [0.1, 0.15) is 23.8 Å². The van der Waals surface area contributed by atoms with Crippen LogP contribution in [0.2, 0.25) is 5.02 Å². The molecule has 0 bridgehead atoms. The molecule has 6 nitrogen and oxygen atoms in total. The Hall–Kier alpha value is -2.34. The number of hydrogen-bond donors (Lipinski definition) is 2. The van der Waals surface area contributed by atoms with E-state index in [4.69, 9.17) is 17.3 Å². The summed E-state index contributed by atoms with van der Waals surface area (Å²) >= 11 is 5.87. The van der Waals surface area contributed by atoms with Gasteiger partial charge in [0.05, 0.1) is 11.1 Å². The number of aromatic amines is 1. The Labute approximate surface area is 138 Å². The summed E-state index contributed by atoms with van der Waals surface area (Å²) in [4.78, 5) is 25.7. The van der Waals surface area contributed by atoms with Crippen molar-refractivity contribution in [3.05, 3.63) is 41.0 Å². The molecule has 1 unspecified atom stereocenters. The van der Waals surface area contributed by atoms with Crippen LogP contribution in [-0.2, 0) is 4.79 Å². The third-order valence-electron chi connectivity index (χ3n) is 4.30. The molecule has 2 amide bonds. The minimum Gasteiger partial charge on any atom is -0.369 e. The number of benzene rings is 1. The van der Waals surface area contributed by atoms with Gasteiger partial charge < -0.3 is 10.6 Å². The highest BCUT2D eigenvalue weighted by Gasteiger charge is 2.41. The van der Waals surface area contributed by atoms with Crippen LogP contribution in [0.5, 0.6) is 0 Å². The van der Waals surface area contributed by atoms with Crippen LogP contribution in [-0.4, -0.2) is 40.0 Å². The Kier molecular flexibility index (Phi) is 3.85. The van der Waals surface area contributed by atoms with Gasteiger partial charge >= 0.3 is 0 Å². The highest BCUT2D eigenvalue weighted by Crippen LogP contribution is 2.30. The summed E-state index contributed by atoms with van der Waals surface area (Å²) in [6.45, 7) is 2.62. The van der Waals surface area contributed by atoms with E-state index in [1.165, 1.54) is 0 Å². The molecule has 2 aromatic rings. The molecule has 0 radical (unpaired) electrons. The van der Waals surface area contributed by atoms with Crippen LogP contribution < -0.4 is 5.73 Å². The van der Waals surface area contributed by atoms with Gasteiger partial charge in [0.1, 0.15) is 5.69 Å². The third kappa shape index (κ3) is 2.94. The van der Waals surface area contributed by atoms with Gasteiger partial charge in [-0.15, -0.1) is 0 Å². The maximum absolute atomic E-state index is 12.5. The van der Waals surface area contributed by atoms with Crippen molar-refractivity contribution in [1.82, 2.24) is 15.1 Å². The first-order valence-corrected chi connectivity index (χ1v) is 7.67. The molecule has 0 spiro atoms. The van der Waals surface area contributed by atoms with Crippen molar-refractivity contribution in [1.29, 1.82) is 0 Å². The number of nitrogens with zero attached hydrogens (tertiary/aromatic N) is 2. The smallest absolute Gasteiger partial charge is 0.271 e. The molecule has 1 atom stereocenters. The Bertz CT molecular complexity index is 756. The lowest BCUT2D eigenvalue weighted by atomic mass is 9.89. The molecular weight excluding hydrogens is 316 g/mol. The molecule has 3 rings (SSSR count). The van der Waals surface area contributed by atoms with Crippen LogP contribution in [0.4, 0.5) is 0 Å². The number of likely N-dealkylation sites (tertiary alicyclic amines) is 1. The number of carbonyl (C=O) groups excluding carboxylic acids is 2. The highest BCUT2D eigenvalue weighted by molar-refractivity contribution is 6.30. The lowest BCUT2D eigenvalue weighted by molar-refractivity contribution is -0.126. The molecule has 0 aliphatic carbocycles. The molecule has 3 N–H and O–H groups in total. The number of nitrogens with two attached hydrogens (primary N) is 1. The molecule has 7 heteroatoms. The molecule has 1 saturated heterocycles. The molecule has 1 aromatic heterocycles. The van der Waals surface area contributed by atoms with E-state index in [9.17, 15) is 9.59 Å². The number of H-pyrrole nitrogens is 1. The zero-order chi connectivity index (χ0) is 16.6. The van der Waals surface area contributed by atoms with Gasteiger partial charge in [-0.1, -0.05) is 23.7 Å². The van der Waals surface area contributed by atoms with Gasteiger partial charge in [-0.25, -0.2) is 0 Å². The number of carbonyl (C=O) groups is 2. The standard InChI is InChI=1S/C16H17ClN4O2/c1-16(15(18)23)6-7-21(9-16)14(22)13-8-12(19-20-13)10-2-4-11(17)5-3-10/h2-5,8H,6-7,9H2,1H3,(H2,18,23)(H,19,20). The van der Waals surface area contributed by atoms with E-state index in [2.05, 4.69) is 10.2 Å². The van der Waals surface area contributed by atoms with E-state index in [1.54, 1.807) is 30.0 Å². The molecule has 1 aliphatic rings. The highest BCUT2D eigenvalue weighted by atomic mass is 35.5. The van der Waals surface area contributed by atoms with Crippen LogP contribution in [0.15, 0.2) is 30.3 Å². The van der Waals surface area contributed by atoms with Gasteiger partial charge in [0.15, 0.2) is 0 Å². The van der Waals surface area contributed by atoms with E-state index in [0.717, 1.165) is 5.56 Å². The molecular formula is C16H17ClN4O2. The first kappa shape index (κ1) is 15.6. The first-order valence-electron chi connectivity index (χ1n) is 7.30. The third-order valence-corrected chi connectivity index (χ3v) is 4.56. The molecule has 1 fully saturated rings. The quantitative estimate of drug-likeness (QED) is 0.901. The number of amides is 2. The summed E-state index contributed by atoms with van der Waals surface area (Å²) in [7, 11) is 0. The number of halogens is 1. The van der Waals surface area contributed by atoms with E-state index < -0.39 is 5.41 Å². The molecule has 1 aliphatic heterocycles. The summed E-state index contributed by atoms with van der Waals surface area (Å²) < 4.78 is 0. The second-order valence-electron chi connectivity index (χ2n) is 6.08. The molecule has 0 saturated carbocycles. The van der Waals surface area contributed by atoms with E-state index in [-0.39, 0.29) is 11.8 Å². The molecule has 1 aromatic carbocycles. The normalized spacial score (nSPS) is 20.7. The van der Waals surface area contributed by atoms with E-state index in [0.29, 0.717) is 35.9 Å². The summed E-state index contributed by atoms with van der Waals surface area (Å²) in [6.07, 6.45) is 0.576. The summed E-state index contributed by atoms with van der Waals surface area (Å²) in [6, 6.07) is 8.92. The van der Waals surface area contributed by atoms with Gasteiger partial charge in [-0.2, -0.15) is 5.10 Å². The predicted molar refractivity (Wildman–Crippen MR) is 86.9 cm³/mol. The topological polar surface area (TPSA) is 92.1 Å². The number of nitrogens with one attached hydrogen (secondary N) is 1. The Morgan fingerprint density at radius 2 is 2.04 bits per heavy atom. The zero-order valence-electron chi connectivity index (χ0n) is 12.7. The second-order valence-corrected chi connectivity index (χ2v) is 6.51. The molecule has 2 heterocycles. The van der Waals surface area contributed by atoms with E-state index in [1.807, 2.05) is 12.1 Å². The summed E-state index contributed by atoms with van der Waals surface area (Å²) in [5, 5.41) is 7.58. The van der Waals surface area contributed by atoms with E-state index >= 15 is 0 Å². The van der Waals surface area contributed by atoms with Crippen LogP contribution in [0.3, 0.4) is 0 Å². The first-order chi connectivity index (χ1) is 10.9. The van der Waals surface area contributed by atoms with Crippen molar-refractivity contribution < 1.29 is 9.59 Å². The number of hydrogen-bond acceptors (Lipinski definition) is 3. The average Bonchev–Trinajstić information content (AvgIpc) is 3.15. The molecule has 23 heavy (non-hydrogen) atoms. The largest absolute Gasteiger partial charge is 0.369 e. The molecule has 120 valence electrons. The number of aromatic nitrogens is 2. The zero-order valence-corrected chi connectivity index (χ0v) is 13.4. The van der Waals surface area contributed by atoms with Gasteiger partial charge in [0, 0.05) is 23.7 Å². The van der Waals surface area contributed by atoms with Crippen molar-refractivity contribution in [2.75, 3.05) is 13.1 Å². The lowest BCUT2D eigenvalue weighted by Gasteiger charge is -2.20. The monoisotopic (exact) mass is 332 g/mol. The van der Waals surface area contributed by atoms with Gasteiger partial charge in [0.25, 0.3) is 5.91 Å². The Balaban J connectivity index is 1.77. The van der Waals surface area contributed by atoms with Crippen LogP contribution >= 0.6 is 11.6 Å². The second kappa shape index (κ2) is 5.70. The lowest BCUT2D eigenvalue weighted by Crippen LogP contribution is -2.38. The summed E-state index contributed by atoms with van der Waals surface area (Å²) in [5.41, 5.74) is 6.69. The minimum atomic E-state index is -0.658. The van der Waals surface area contributed by atoms with Crippen molar-refractivity contribution in [2.45, 2.75) is 13.3 Å². The minimum absolute atomic E-state index is 0.178. The van der Waals surface area contributed by atoms with Gasteiger partial charge in [-0.3, -0.25) is 14.7 Å². The van der Waals surface area contributed by atoms with Crippen molar-refractivity contribution >= 4 is 23.4 Å². The predicted octanol–water partition coefficient (Wildman–Crippen LogP) is 2.07. The van der Waals surface area contributed by atoms with Crippen molar-refractivity contribution in [3.8, 4) is 11.3 Å². The van der Waals surface area contributed by atoms with Crippen LogP contribution in [0.25, 0.3) is 11.3 Å². The van der Waals surface area contributed by atoms with Crippen molar-refractivity contribution in [3.63, 3.8) is 0 Å². The fraction of sp³-hybridized carbons (Fsp3) is 0.312. The number of rotatable bonds is 3.